The topological polar surface area (TPSA) is 32.3 Å². The van der Waals surface area contributed by atoms with Crippen LogP contribution in [0.4, 0.5) is 0 Å². The molecule has 2 fully saturated rings. The molecule has 0 aromatic heterocycles. The fourth-order valence-electron chi connectivity index (χ4n) is 3.39. The van der Waals surface area contributed by atoms with E-state index in [9.17, 15) is 4.79 Å². The van der Waals surface area contributed by atoms with Crippen LogP contribution in [0.15, 0.2) is 22.7 Å². The highest BCUT2D eigenvalue weighted by molar-refractivity contribution is 9.10. The number of nitrogens with zero attached hydrogens (tertiary/aromatic N) is 1. The van der Waals surface area contributed by atoms with E-state index in [0.29, 0.717) is 18.0 Å². The summed E-state index contributed by atoms with van der Waals surface area (Å²) < 4.78 is 1.01. The lowest BCUT2D eigenvalue weighted by Gasteiger charge is -2.28. The Hall–Kier alpha value is -0.870. The summed E-state index contributed by atoms with van der Waals surface area (Å²) in [6, 6.07) is 6.61. The normalized spacial score (nSPS) is 29.6. The number of nitrogens with one attached hydrogen (secondary N) is 1. The van der Waals surface area contributed by atoms with Crippen LogP contribution in [0.1, 0.15) is 29.3 Å². The minimum absolute atomic E-state index is 0.171. The molecule has 0 saturated carbocycles. The van der Waals surface area contributed by atoms with E-state index in [1.807, 2.05) is 25.1 Å². The molecule has 1 aromatic carbocycles. The largest absolute Gasteiger partial charge is 0.331 e. The SMILES string of the molecule is Cc1ccc(C(=O)N2C(C)CC3CNCC32)cc1Br. The van der Waals surface area contributed by atoms with Crippen LogP contribution in [0, 0.1) is 12.8 Å². The van der Waals surface area contributed by atoms with Crippen molar-refractivity contribution < 1.29 is 4.79 Å². The molecule has 1 aromatic rings. The Labute approximate surface area is 122 Å². The summed E-state index contributed by atoms with van der Waals surface area (Å²) in [5.41, 5.74) is 1.95. The Morgan fingerprint density at radius 1 is 1.42 bits per heavy atom. The number of rotatable bonds is 1. The molecule has 0 aliphatic carbocycles. The maximum absolute atomic E-state index is 12.7. The van der Waals surface area contributed by atoms with Crippen LogP contribution in [0.3, 0.4) is 0 Å². The molecule has 0 bridgehead atoms. The molecule has 2 saturated heterocycles. The van der Waals surface area contributed by atoms with Gasteiger partial charge >= 0.3 is 0 Å². The fourth-order valence-corrected chi connectivity index (χ4v) is 3.77. The molecule has 2 heterocycles. The van der Waals surface area contributed by atoms with Gasteiger partial charge in [-0.1, -0.05) is 22.0 Å². The lowest BCUT2D eigenvalue weighted by molar-refractivity contribution is 0.0682. The second-order valence-corrected chi connectivity index (χ2v) is 6.60. The molecule has 0 radical (unpaired) electrons. The fraction of sp³-hybridized carbons (Fsp3) is 0.533. The highest BCUT2D eigenvalue weighted by Crippen LogP contribution is 2.33. The van der Waals surface area contributed by atoms with Gasteiger partial charge < -0.3 is 10.2 Å². The van der Waals surface area contributed by atoms with Gasteiger partial charge in [-0.3, -0.25) is 4.79 Å². The first-order chi connectivity index (χ1) is 9.08. The zero-order chi connectivity index (χ0) is 13.6. The van der Waals surface area contributed by atoms with E-state index >= 15 is 0 Å². The zero-order valence-electron chi connectivity index (χ0n) is 11.3. The molecule has 1 N–H and O–H groups in total. The van der Waals surface area contributed by atoms with Crippen molar-refractivity contribution in [2.75, 3.05) is 13.1 Å². The summed E-state index contributed by atoms with van der Waals surface area (Å²) in [4.78, 5) is 14.8. The Morgan fingerprint density at radius 3 is 2.95 bits per heavy atom. The highest BCUT2D eigenvalue weighted by Gasteiger charge is 2.44. The van der Waals surface area contributed by atoms with Crippen molar-refractivity contribution in [2.24, 2.45) is 5.92 Å². The number of carbonyl (C=O) groups excluding carboxylic acids is 1. The number of likely N-dealkylation sites (tertiary alicyclic amines) is 1. The summed E-state index contributed by atoms with van der Waals surface area (Å²) in [7, 11) is 0. The van der Waals surface area contributed by atoms with Crippen molar-refractivity contribution in [2.45, 2.75) is 32.4 Å². The molecule has 3 nitrogen and oxygen atoms in total. The van der Waals surface area contributed by atoms with Crippen molar-refractivity contribution in [1.82, 2.24) is 10.2 Å². The number of hydrogen-bond donors (Lipinski definition) is 1. The summed E-state index contributed by atoms with van der Waals surface area (Å²) in [5, 5.41) is 3.40. The van der Waals surface area contributed by atoms with Crippen molar-refractivity contribution in [1.29, 1.82) is 0 Å². The van der Waals surface area contributed by atoms with E-state index in [1.165, 1.54) is 0 Å². The molecule has 2 aliphatic heterocycles. The lowest BCUT2D eigenvalue weighted by atomic mass is 10.0. The summed E-state index contributed by atoms with van der Waals surface area (Å²) >= 11 is 3.51. The number of hydrogen-bond acceptors (Lipinski definition) is 2. The molecular weight excluding hydrogens is 304 g/mol. The number of fused-ring (bicyclic) bond motifs is 1. The Bertz CT molecular complexity index is 517. The first kappa shape index (κ1) is 13.1. The number of aryl methyl sites for hydroxylation is 1. The number of amides is 1. The van der Waals surface area contributed by atoms with Gasteiger partial charge in [0.1, 0.15) is 0 Å². The number of benzene rings is 1. The average Bonchev–Trinajstić information content (AvgIpc) is 2.91. The first-order valence-corrected chi connectivity index (χ1v) is 7.66. The van der Waals surface area contributed by atoms with Gasteiger partial charge in [-0.25, -0.2) is 0 Å². The van der Waals surface area contributed by atoms with Crippen molar-refractivity contribution in [3.05, 3.63) is 33.8 Å². The Balaban J connectivity index is 1.88. The van der Waals surface area contributed by atoms with Crippen LogP contribution in [0.2, 0.25) is 0 Å². The molecule has 3 unspecified atom stereocenters. The number of halogens is 1. The van der Waals surface area contributed by atoms with Gasteiger partial charge in [-0.05, 0) is 43.9 Å². The minimum atomic E-state index is 0.171. The van der Waals surface area contributed by atoms with Gasteiger partial charge in [-0.15, -0.1) is 0 Å². The van der Waals surface area contributed by atoms with Gasteiger partial charge in [0.15, 0.2) is 0 Å². The van der Waals surface area contributed by atoms with Crippen LogP contribution in [-0.2, 0) is 0 Å². The molecule has 4 heteroatoms. The zero-order valence-corrected chi connectivity index (χ0v) is 12.9. The second-order valence-electron chi connectivity index (χ2n) is 5.75. The maximum Gasteiger partial charge on any atom is 0.254 e. The highest BCUT2D eigenvalue weighted by atomic mass is 79.9. The van der Waals surface area contributed by atoms with Crippen LogP contribution in [-0.4, -0.2) is 36.0 Å². The Morgan fingerprint density at radius 2 is 2.21 bits per heavy atom. The number of carbonyl (C=O) groups is 1. The predicted molar refractivity (Wildman–Crippen MR) is 79.3 cm³/mol. The molecular formula is C15H19BrN2O. The van der Waals surface area contributed by atoms with Crippen molar-refractivity contribution in [3.63, 3.8) is 0 Å². The van der Waals surface area contributed by atoms with Gasteiger partial charge in [0.2, 0.25) is 0 Å². The lowest BCUT2D eigenvalue weighted by Crippen LogP contribution is -2.42. The quantitative estimate of drug-likeness (QED) is 0.862. The summed E-state index contributed by atoms with van der Waals surface area (Å²) in [6.45, 7) is 6.19. The molecule has 3 rings (SSSR count). The van der Waals surface area contributed by atoms with E-state index in [0.717, 1.165) is 35.1 Å². The van der Waals surface area contributed by atoms with Crippen molar-refractivity contribution >= 4 is 21.8 Å². The molecule has 102 valence electrons. The van der Waals surface area contributed by atoms with Gasteiger partial charge in [-0.2, -0.15) is 0 Å². The molecule has 0 spiro atoms. The molecule has 19 heavy (non-hydrogen) atoms. The van der Waals surface area contributed by atoms with Crippen LogP contribution in [0.5, 0.6) is 0 Å². The minimum Gasteiger partial charge on any atom is -0.331 e. The third-order valence-electron chi connectivity index (χ3n) is 4.43. The first-order valence-electron chi connectivity index (χ1n) is 6.87. The van der Waals surface area contributed by atoms with Gasteiger partial charge in [0.25, 0.3) is 5.91 Å². The van der Waals surface area contributed by atoms with E-state index < -0.39 is 0 Å². The van der Waals surface area contributed by atoms with E-state index in [-0.39, 0.29) is 5.91 Å². The third kappa shape index (κ3) is 2.21. The molecule has 1 amide bonds. The standard InChI is InChI=1S/C15H19BrN2O/c1-9-3-4-11(6-13(9)16)15(19)18-10(2)5-12-7-17-8-14(12)18/h3-4,6,10,12,14,17H,5,7-8H2,1-2H3. The van der Waals surface area contributed by atoms with E-state index in [2.05, 4.69) is 33.1 Å². The Kier molecular flexibility index (Phi) is 3.39. The summed E-state index contributed by atoms with van der Waals surface area (Å²) in [6.07, 6.45) is 1.12. The average molecular weight is 323 g/mol. The smallest absolute Gasteiger partial charge is 0.254 e. The van der Waals surface area contributed by atoms with E-state index in [4.69, 9.17) is 0 Å². The third-order valence-corrected chi connectivity index (χ3v) is 5.29. The second kappa shape index (κ2) is 4.91. The van der Waals surface area contributed by atoms with Gasteiger partial charge in [0, 0.05) is 35.2 Å². The predicted octanol–water partition coefficient (Wildman–Crippen LogP) is 2.58. The summed E-state index contributed by atoms with van der Waals surface area (Å²) in [5.74, 6) is 0.803. The van der Waals surface area contributed by atoms with Crippen LogP contribution in [0.25, 0.3) is 0 Å². The van der Waals surface area contributed by atoms with Crippen molar-refractivity contribution in [3.8, 4) is 0 Å². The molecule has 2 aliphatic rings. The monoisotopic (exact) mass is 322 g/mol. The maximum atomic E-state index is 12.7. The molecule has 3 atom stereocenters. The van der Waals surface area contributed by atoms with Gasteiger partial charge in [0.05, 0.1) is 0 Å². The van der Waals surface area contributed by atoms with Crippen LogP contribution < -0.4 is 5.32 Å². The van der Waals surface area contributed by atoms with Crippen LogP contribution >= 0.6 is 15.9 Å². The van der Waals surface area contributed by atoms with E-state index in [1.54, 1.807) is 0 Å².